The van der Waals surface area contributed by atoms with Crippen LogP contribution >= 0.6 is 24.0 Å². The second-order valence-corrected chi connectivity index (χ2v) is 11.4. The number of nitrogens with one attached hydrogen (secondary N) is 1. The molecule has 6 nitrogen and oxygen atoms in total. The molecule has 8 heteroatoms. The van der Waals surface area contributed by atoms with Gasteiger partial charge < -0.3 is 10.2 Å². The van der Waals surface area contributed by atoms with Gasteiger partial charge in [-0.25, -0.2) is 8.42 Å². The average Bonchev–Trinajstić information content (AvgIpc) is 3.10. The van der Waals surface area contributed by atoms with E-state index in [1.165, 1.54) is 31.4 Å². The molecule has 0 bridgehead atoms. The summed E-state index contributed by atoms with van der Waals surface area (Å²) in [5.74, 6) is 2.45. The van der Waals surface area contributed by atoms with Gasteiger partial charge in [0.15, 0.2) is 15.8 Å². The minimum Gasteiger partial charge on any atom is -0.357 e. The first-order chi connectivity index (χ1) is 14.5. The molecule has 3 fully saturated rings. The number of sulfone groups is 1. The molecule has 1 aromatic rings. The third-order valence-electron chi connectivity index (χ3n) is 6.87. The van der Waals surface area contributed by atoms with Crippen molar-refractivity contribution in [3.8, 4) is 0 Å². The Labute approximate surface area is 204 Å². The van der Waals surface area contributed by atoms with Crippen molar-refractivity contribution in [2.75, 3.05) is 44.2 Å². The van der Waals surface area contributed by atoms with Crippen LogP contribution in [0.25, 0.3) is 0 Å². The molecule has 3 aliphatic rings. The van der Waals surface area contributed by atoms with Crippen LogP contribution in [-0.2, 0) is 16.4 Å². The van der Waals surface area contributed by atoms with Crippen molar-refractivity contribution in [2.24, 2.45) is 16.8 Å². The highest BCUT2D eigenvalue weighted by Gasteiger charge is 2.37. The van der Waals surface area contributed by atoms with Crippen molar-refractivity contribution < 1.29 is 8.42 Å². The lowest BCUT2D eigenvalue weighted by Crippen LogP contribution is -2.56. The van der Waals surface area contributed by atoms with Gasteiger partial charge in [-0.1, -0.05) is 30.3 Å². The first-order valence-electron chi connectivity index (χ1n) is 11.6. The van der Waals surface area contributed by atoms with Gasteiger partial charge in [-0.3, -0.25) is 9.89 Å². The molecule has 0 saturated carbocycles. The van der Waals surface area contributed by atoms with Crippen LogP contribution in [-0.4, -0.2) is 74.4 Å². The summed E-state index contributed by atoms with van der Waals surface area (Å²) in [5, 5.41) is 3.46. The lowest BCUT2D eigenvalue weighted by atomic mass is 9.83. The highest BCUT2D eigenvalue weighted by atomic mass is 127. The Kier molecular flexibility index (Phi) is 9.04. The van der Waals surface area contributed by atoms with E-state index in [4.69, 9.17) is 4.99 Å². The lowest BCUT2D eigenvalue weighted by Gasteiger charge is -2.48. The fourth-order valence-electron chi connectivity index (χ4n) is 5.37. The number of aliphatic imine (C=N–C) groups is 1. The lowest BCUT2D eigenvalue weighted by molar-refractivity contribution is 0.0372. The zero-order valence-electron chi connectivity index (χ0n) is 18.6. The summed E-state index contributed by atoms with van der Waals surface area (Å²) in [6.07, 6.45) is 4.46. The predicted octanol–water partition coefficient (Wildman–Crippen LogP) is 2.99. The quantitative estimate of drug-likeness (QED) is 0.341. The summed E-state index contributed by atoms with van der Waals surface area (Å²) in [6, 6.07) is 11.5. The van der Waals surface area contributed by atoms with Crippen molar-refractivity contribution in [1.29, 1.82) is 0 Å². The Morgan fingerprint density at radius 2 is 1.97 bits per heavy atom. The van der Waals surface area contributed by atoms with Crippen LogP contribution < -0.4 is 5.32 Å². The summed E-state index contributed by atoms with van der Waals surface area (Å²) < 4.78 is 23.5. The molecule has 0 radical (unpaired) electrons. The highest BCUT2D eigenvalue weighted by Crippen LogP contribution is 2.31. The van der Waals surface area contributed by atoms with Crippen molar-refractivity contribution >= 4 is 39.8 Å². The summed E-state index contributed by atoms with van der Waals surface area (Å²) in [7, 11) is -2.84. The van der Waals surface area contributed by atoms with Crippen LogP contribution in [0.3, 0.4) is 0 Å². The van der Waals surface area contributed by atoms with Gasteiger partial charge in [0.25, 0.3) is 0 Å². The summed E-state index contributed by atoms with van der Waals surface area (Å²) in [4.78, 5) is 9.97. The second-order valence-electron chi connectivity index (χ2n) is 9.12. The van der Waals surface area contributed by atoms with Gasteiger partial charge in [-0.15, -0.1) is 24.0 Å². The fourth-order valence-corrected chi connectivity index (χ4v) is 7.22. The summed E-state index contributed by atoms with van der Waals surface area (Å²) >= 11 is 0. The topological polar surface area (TPSA) is 65.0 Å². The number of guanidine groups is 1. The summed E-state index contributed by atoms with van der Waals surface area (Å²) in [6.45, 7) is 7.86. The smallest absolute Gasteiger partial charge is 0.193 e. The largest absolute Gasteiger partial charge is 0.357 e. The molecule has 3 atom stereocenters. The first kappa shape index (κ1) is 24.8. The van der Waals surface area contributed by atoms with Crippen molar-refractivity contribution in [3.63, 3.8) is 0 Å². The van der Waals surface area contributed by atoms with Gasteiger partial charge in [0.1, 0.15) is 0 Å². The van der Waals surface area contributed by atoms with E-state index >= 15 is 0 Å². The molecule has 0 spiro atoms. The average molecular weight is 561 g/mol. The molecular weight excluding hydrogens is 523 g/mol. The molecule has 31 heavy (non-hydrogen) atoms. The number of hydrogen-bond acceptors (Lipinski definition) is 4. The van der Waals surface area contributed by atoms with E-state index in [2.05, 4.69) is 52.4 Å². The van der Waals surface area contributed by atoms with Crippen LogP contribution in [0.5, 0.6) is 0 Å². The Bertz CT molecular complexity index is 833. The number of halogens is 1. The van der Waals surface area contributed by atoms with Gasteiger partial charge in [0.2, 0.25) is 0 Å². The molecule has 0 aromatic heterocycles. The van der Waals surface area contributed by atoms with Crippen molar-refractivity contribution in [3.05, 3.63) is 35.9 Å². The summed E-state index contributed by atoms with van der Waals surface area (Å²) in [5.41, 5.74) is 1.40. The van der Waals surface area contributed by atoms with E-state index in [1.807, 2.05) is 0 Å². The van der Waals surface area contributed by atoms with Gasteiger partial charge in [0.05, 0.1) is 11.5 Å². The highest BCUT2D eigenvalue weighted by molar-refractivity contribution is 14.0. The number of nitrogens with zero attached hydrogens (tertiary/aromatic N) is 3. The van der Waals surface area contributed by atoms with E-state index in [0.717, 1.165) is 38.6 Å². The first-order valence-corrected chi connectivity index (χ1v) is 13.4. The number of benzene rings is 1. The molecule has 4 rings (SSSR count). The third kappa shape index (κ3) is 6.57. The van der Waals surface area contributed by atoms with E-state index < -0.39 is 9.84 Å². The van der Waals surface area contributed by atoms with Crippen LogP contribution in [0.2, 0.25) is 0 Å². The van der Waals surface area contributed by atoms with Gasteiger partial charge >= 0.3 is 0 Å². The van der Waals surface area contributed by atoms with E-state index in [-0.39, 0.29) is 29.9 Å². The fraction of sp³-hybridized carbons (Fsp3) is 0.696. The van der Waals surface area contributed by atoms with Crippen LogP contribution in [0.15, 0.2) is 35.3 Å². The molecule has 3 saturated heterocycles. The second kappa shape index (κ2) is 11.3. The normalized spacial score (nSPS) is 28.6. The van der Waals surface area contributed by atoms with Crippen molar-refractivity contribution in [2.45, 2.75) is 45.2 Å². The number of fused-ring (bicyclic) bond motifs is 1. The Balaban J connectivity index is 0.00000272. The van der Waals surface area contributed by atoms with Gasteiger partial charge in [0, 0.05) is 38.8 Å². The molecule has 174 valence electrons. The van der Waals surface area contributed by atoms with Crippen LogP contribution in [0, 0.1) is 11.8 Å². The van der Waals surface area contributed by atoms with E-state index in [0.29, 0.717) is 30.0 Å². The van der Waals surface area contributed by atoms with Crippen LogP contribution in [0.4, 0.5) is 0 Å². The maximum Gasteiger partial charge on any atom is 0.193 e. The van der Waals surface area contributed by atoms with Gasteiger partial charge in [-0.2, -0.15) is 0 Å². The number of hydrogen-bond donors (Lipinski definition) is 1. The minimum absolute atomic E-state index is 0. The SMILES string of the molecule is CCNC(=NCC1CCS(=O)(=O)C1)N1CCC2C(CCCN2Cc2ccccc2)C1.I. The van der Waals surface area contributed by atoms with Gasteiger partial charge in [-0.05, 0) is 56.6 Å². The maximum absolute atomic E-state index is 11.8. The number of piperidine rings is 2. The monoisotopic (exact) mass is 560 g/mol. The minimum atomic E-state index is -2.84. The standard InChI is InChI=1S/C23H36N4O2S.HI/c1-2-24-23(25-15-20-11-14-30(28,29)18-20)27-13-10-22-21(17-27)9-6-12-26(22)16-19-7-4-3-5-8-19;/h3-5,7-8,20-22H,2,6,9-18H2,1H3,(H,24,25);1H. The maximum atomic E-state index is 11.8. The molecule has 3 aliphatic heterocycles. The van der Waals surface area contributed by atoms with Crippen molar-refractivity contribution in [1.82, 2.24) is 15.1 Å². The zero-order chi connectivity index (χ0) is 21.0. The third-order valence-corrected chi connectivity index (χ3v) is 8.71. The molecule has 3 unspecified atom stereocenters. The molecule has 0 aliphatic carbocycles. The molecule has 1 N–H and O–H groups in total. The van der Waals surface area contributed by atoms with E-state index in [9.17, 15) is 8.42 Å². The molecular formula is C23H37IN4O2S. The van der Waals surface area contributed by atoms with Crippen LogP contribution in [0.1, 0.15) is 38.2 Å². The molecule has 3 heterocycles. The Morgan fingerprint density at radius 1 is 1.16 bits per heavy atom. The number of rotatable bonds is 5. The number of likely N-dealkylation sites (tertiary alicyclic amines) is 2. The van der Waals surface area contributed by atoms with E-state index in [1.54, 1.807) is 0 Å². The molecule has 0 amide bonds. The zero-order valence-corrected chi connectivity index (χ0v) is 21.7. The Morgan fingerprint density at radius 3 is 2.68 bits per heavy atom. The molecule has 1 aromatic carbocycles. The predicted molar refractivity (Wildman–Crippen MR) is 138 cm³/mol. The Hall–Kier alpha value is -0.870.